The summed E-state index contributed by atoms with van der Waals surface area (Å²) in [6.45, 7) is -3.75. The number of fused-ring (bicyclic) bond motifs is 10. The number of imidazole rings is 2. The van der Waals surface area contributed by atoms with Crippen LogP contribution in [0.3, 0.4) is 0 Å². The van der Waals surface area contributed by atoms with Crippen LogP contribution in [0.4, 0.5) is 14.6 Å². The van der Waals surface area contributed by atoms with Crippen LogP contribution in [0.25, 0.3) is 22.3 Å². The largest absolute Gasteiger partial charge is 0.365 e. The van der Waals surface area contributed by atoms with Crippen LogP contribution in [-0.2, 0) is 50.4 Å². The van der Waals surface area contributed by atoms with Gasteiger partial charge in [-0.1, -0.05) is 12.2 Å². The van der Waals surface area contributed by atoms with Crippen molar-refractivity contribution in [2.24, 2.45) is 0 Å². The van der Waals surface area contributed by atoms with Crippen molar-refractivity contribution < 1.29 is 45.8 Å². The number of hydrogen-bond donors (Lipinski definition) is 2. The fourth-order valence-corrected chi connectivity index (χ4v) is 8.79. The molecule has 256 valence electrons. The first kappa shape index (κ1) is 32.3. The Balaban J connectivity index is 1.21. The maximum atomic E-state index is 16.3. The summed E-state index contributed by atoms with van der Waals surface area (Å²) in [7, 11) is -4.06. The molecule has 14 bridgehead atoms. The van der Waals surface area contributed by atoms with Gasteiger partial charge in [0.1, 0.15) is 42.6 Å². The second kappa shape index (κ2) is 12.5. The normalized spacial score (nSPS) is 38.2. The first-order valence-corrected chi connectivity index (χ1v) is 19.5. The van der Waals surface area contributed by atoms with Crippen molar-refractivity contribution in [3.63, 3.8) is 0 Å². The van der Waals surface area contributed by atoms with Gasteiger partial charge in [-0.15, -0.1) is 0 Å². The highest BCUT2D eigenvalue weighted by atomic mass is 32.5. The van der Waals surface area contributed by atoms with Crippen molar-refractivity contribution in [3.8, 4) is 0 Å². The van der Waals surface area contributed by atoms with Gasteiger partial charge >= 0.3 is 14.3 Å². The number of halogens is 2. The van der Waals surface area contributed by atoms with Gasteiger partial charge in [0.05, 0.1) is 31.6 Å². The third kappa shape index (κ3) is 5.87. The van der Waals surface area contributed by atoms with E-state index in [9.17, 15) is 9.46 Å². The molecule has 4 aromatic heterocycles. The minimum atomic E-state index is -4.22. The molecular weight excluding hydrogens is 698 g/mol. The van der Waals surface area contributed by atoms with Gasteiger partial charge in [-0.3, -0.25) is 22.7 Å². The third-order valence-electron chi connectivity index (χ3n) is 8.42. The molecule has 0 amide bonds. The summed E-state index contributed by atoms with van der Waals surface area (Å²) < 4.78 is 83.6. The zero-order valence-corrected chi connectivity index (χ0v) is 27.7. The number of hydrogen-bond acceptors (Lipinski definition) is 15. The molecule has 1 unspecified atom stereocenters. The van der Waals surface area contributed by atoms with Gasteiger partial charge in [-0.05, 0) is 24.6 Å². The Morgan fingerprint density at radius 3 is 2.23 bits per heavy atom. The molecule has 0 spiro atoms. The fraction of sp³-hybridized carbons (Fsp3) is 0.538. The summed E-state index contributed by atoms with van der Waals surface area (Å²) in [4.78, 5) is 37.2. The highest BCUT2D eigenvalue weighted by Gasteiger charge is 2.54. The van der Waals surface area contributed by atoms with Crippen molar-refractivity contribution >= 4 is 54.3 Å². The van der Waals surface area contributed by atoms with E-state index < -0.39 is 76.7 Å². The molecule has 3 fully saturated rings. The van der Waals surface area contributed by atoms with E-state index in [0.29, 0.717) is 47.6 Å². The molecule has 48 heavy (non-hydrogen) atoms. The average molecular weight is 728 g/mol. The molecular formula is C26H29F2N9O8P2S. The van der Waals surface area contributed by atoms with E-state index in [1.807, 2.05) is 12.2 Å². The molecule has 0 radical (unpaired) electrons. The summed E-state index contributed by atoms with van der Waals surface area (Å²) in [6.07, 6.45) is -1.80. The number of nitrogens with one attached hydrogen (secondary N) is 1. The lowest BCUT2D eigenvalue weighted by Crippen LogP contribution is -2.37. The van der Waals surface area contributed by atoms with E-state index in [0.717, 1.165) is 6.66 Å². The molecule has 0 aromatic carbocycles. The molecule has 4 aromatic rings. The smallest absolute Gasteiger partial charge is 0.328 e. The number of anilines is 1. The zero-order valence-electron chi connectivity index (χ0n) is 25.1. The molecule has 0 aliphatic carbocycles. The van der Waals surface area contributed by atoms with E-state index in [4.69, 9.17) is 39.4 Å². The molecule has 9 rings (SSSR count). The van der Waals surface area contributed by atoms with Crippen molar-refractivity contribution in [3.05, 3.63) is 43.2 Å². The quantitative estimate of drug-likeness (QED) is 0.198. The average Bonchev–Trinajstić information content (AvgIpc) is 3.81. The molecule has 9 heterocycles. The topological polar surface area (TPSA) is 192 Å². The number of aromatic nitrogens is 8. The Morgan fingerprint density at radius 1 is 0.875 bits per heavy atom. The molecule has 3 saturated heterocycles. The number of rotatable bonds is 0. The van der Waals surface area contributed by atoms with Crippen LogP contribution in [0, 0.1) is 0 Å². The lowest BCUT2D eigenvalue weighted by Gasteiger charge is -2.29. The first-order chi connectivity index (χ1) is 23.1. The minimum Gasteiger partial charge on any atom is -0.365 e. The van der Waals surface area contributed by atoms with Crippen LogP contribution in [0.2, 0.25) is 0 Å². The zero-order chi connectivity index (χ0) is 33.2. The Morgan fingerprint density at radius 2 is 1.50 bits per heavy atom. The lowest BCUT2D eigenvalue weighted by atomic mass is 10.1. The first-order valence-electron chi connectivity index (χ1n) is 15.0. The van der Waals surface area contributed by atoms with Crippen LogP contribution >= 0.6 is 14.3 Å². The van der Waals surface area contributed by atoms with E-state index in [1.165, 1.54) is 34.4 Å². The van der Waals surface area contributed by atoms with E-state index in [1.54, 1.807) is 0 Å². The second-order valence-electron chi connectivity index (χ2n) is 11.6. The molecule has 5 aliphatic heterocycles. The number of alkyl halides is 2. The van der Waals surface area contributed by atoms with Gasteiger partial charge < -0.3 is 28.7 Å². The summed E-state index contributed by atoms with van der Waals surface area (Å²) in [5.74, 6) is 0.409. The number of ether oxygens (including phenoxy) is 2. The van der Waals surface area contributed by atoms with Gasteiger partial charge in [-0.25, -0.2) is 38.7 Å². The Kier molecular flexibility index (Phi) is 8.38. The Labute approximate surface area is 275 Å². The van der Waals surface area contributed by atoms with Crippen molar-refractivity contribution in [2.45, 2.75) is 62.1 Å². The summed E-state index contributed by atoms with van der Waals surface area (Å²) >= 11 is 5.24. The maximum absolute atomic E-state index is 16.3. The highest BCUT2D eigenvalue weighted by Crippen LogP contribution is 2.54. The Bertz CT molecular complexity index is 1850. The summed E-state index contributed by atoms with van der Waals surface area (Å²) in [5, 5.41) is 3.19. The molecule has 17 nitrogen and oxygen atoms in total. The van der Waals surface area contributed by atoms with Gasteiger partial charge in [0, 0.05) is 13.2 Å². The predicted molar refractivity (Wildman–Crippen MR) is 166 cm³/mol. The van der Waals surface area contributed by atoms with Crippen molar-refractivity contribution in [2.75, 3.05) is 31.7 Å². The van der Waals surface area contributed by atoms with Crippen molar-refractivity contribution in [1.82, 2.24) is 39.0 Å². The molecule has 22 heteroatoms. The maximum Gasteiger partial charge on any atom is 0.328 e. The van der Waals surface area contributed by atoms with E-state index in [2.05, 4.69) is 35.2 Å². The van der Waals surface area contributed by atoms with Gasteiger partial charge in [0.25, 0.3) is 0 Å². The number of nitrogens with zero attached hydrogens (tertiary/aromatic N) is 8. The van der Waals surface area contributed by atoms with E-state index in [-0.39, 0.29) is 5.65 Å². The van der Waals surface area contributed by atoms with Gasteiger partial charge in [0.2, 0.25) is 0 Å². The standard InChI is InChI=1S/C26H29F2N9O8P2S/c1-46(38)40-7-14-21-17(28)26(42-14)36-11-34-18-13(30-9-32-23(18)36)5-3-2-4-6-29-22-19-24(33-10-31-22)37(12-35-19)25-16(27)20(44-46)15(43-25)8-41-47(39,48)45-21/h2,4,9-12,14-17,20-21,25-26H,3,5-8H2,1H3,(H,39,48)(H,29,31,33)/b4-2+/t14-,15-,16-,17-,20-,21-,25-,26-,46+,47?/m1/s1. The summed E-state index contributed by atoms with van der Waals surface area (Å²) in [6, 6.07) is 0. The van der Waals surface area contributed by atoms with Crippen LogP contribution in [0.15, 0.2) is 37.5 Å². The fourth-order valence-electron chi connectivity index (χ4n) is 6.18. The minimum absolute atomic E-state index is 0.254. The summed E-state index contributed by atoms with van der Waals surface area (Å²) in [5.41, 5.74) is 2.00. The SMILES string of the molecule is C[P@]1(=O)OC[C@H]2O[C@@H]3[C@H](F)[C@@H]2OP(O)(=S)OC[C@H]2O[C@H]([C@H](F)[C@@H]2O1)n1cnc2c(ncnc21)NC/C=C/CCc1ncnc2c1ncn23. The number of aryl methyl sites for hydroxylation is 1. The predicted octanol–water partition coefficient (Wildman–Crippen LogP) is 2.91. The molecule has 2 N–H and O–H groups in total. The molecule has 5 aliphatic rings. The Hall–Kier alpha value is -2.90. The lowest BCUT2D eigenvalue weighted by molar-refractivity contribution is -0.0574. The highest BCUT2D eigenvalue weighted by molar-refractivity contribution is 8.07. The van der Waals surface area contributed by atoms with Crippen LogP contribution in [0.1, 0.15) is 24.6 Å². The number of allylic oxidation sites excluding steroid dienone is 1. The molecule has 10 atom stereocenters. The van der Waals surface area contributed by atoms with Crippen molar-refractivity contribution in [1.29, 1.82) is 0 Å². The van der Waals surface area contributed by atoms with Crippen LogP contribution in [0.5, 0.6) is 0 Å². The van der Waals surface area contributed by atoms with Gasteiger partial charge in [-0.2, -0.15) is 0 Å². The van der Waals surface area contributed by atoms with Crippen LogP contribution < -0.4 is 5.32 Å². The third-order valence-corrected chi connectivity index (χ3v) is 11.2. The second-order valence-corrected chi connectivity index (χ2v) is 16.4. The van der Waals surface area contributed by atoms with Gasteiger partial charge in [0.15, 0.2) is 47.4 Å². The van der Waals surface area contributed by atoms with E-state index >= 15 is 8.78 Å². The van der Waals surface area contributed by atoms with Crippen LogP contribution in [-0.4, -0.2) is 107 Å². The monoisotopic (exact) mass is 727 g/mol. The molecule has 0 saturated carbocycles.